The van der Waals surface area contributed by atoms with E-state index in [1.807, 2.05) is 23.4 Å². The first-order valence-corrected chi connectivity index (χ1v) is 8.30. The fraction of sp³-hybridized carbons (Fsp3) is 0.562. The van der Waals surface area contributed by atoms with Crippen LogP contribution in [0.15, 0.2) is 11.4 Å². The van der Waals surface area contributed by atoms with Gasteiger partial charge in [0.2, 0.25) is 0 Å². The summed E-state index contributed by atoms with van der Waals surface area (Å²) in [5.74, 6) is 5.90. The predicted octanol–water partition coefficient (Wildman–Crippen LogP) is 1.61. The number of carbonyl (C=O) groups is 1. The lowest BCUT2D eigenvalue weighted by molar-refractivity contribution is 0.0647. The van der Waals surface area contributed by atoms with Gasteiger partial charge in [-0.3, -0.25) is 4.79 Å². The summed E-state index contributed by atoms with van der Waals surface area (Å²) in [6.45, 7) is 5.78. The van der Waals surface area contributed by atoms with Crippen LogP contribution in [-0.4, -0.2) is 55.0 Å². The van der Waals surface area contributed by atoms with Crippen molar-refractivity contribution in [3.8, 4) is 11.8 Å². The second kappa shape index (κ2) is 7.60. The molecule has 1 fully saturated rings. The van der Waals surface area contributed by atoms with Crippen molar-refractivity contribution in [3.63, 3.8) is 0 Å². The molecule has 2 heterocycles. The van der Waals surface area contributed by atoms with E-state index in [1.54, 1.807) is 0 Å². The maximum atomic E-state index is 12.5. The van der Waals surface area contributed by atoms with E-state index >= 15 is 0 Å². The molecular weight excluding hydrogens is 282 g/mol. The highest BCUT2D eigenvalue weighted by Gasteiger charge is 2.25. The normalized spacial score (nSPS) is 16.3. The lowest BCUT2D eigenvalue weighted by atomic mass is 10.0. The molecule has 21 heavy (non-hydrogen) atoms. The van der Waals surface area contributed by atoms with Gasteiger partial charge in [0, 0.05) is 31.6 Å². The minimum Gasteiger partial charge on any atom is -0.339 e. The molecule has 1 aliphatic rings. The van der Waals surface area contributed by atoms with E-state index in [9.17, 15) is 4.79 Å². The van der Waals surface area contributed by atoms with Crippen molar-refractivity contribution in [2.75, 3.05) is 33.2 Å². The van der Waals surface area contributed by atoms with Crippen LogP contribution >= 0.6 is 11.3 Å². The summed E-state index contributed by atoms with van der Waals surface area (Å²) in [6, 6.07) is 2.21. The lowest BCUT2D eigenvalue weighted by Crippen LogP contribution is -2.45. The number of piperidine rings is 1. The molecule has 4 nitrogen and oxygen atoms in total. The van der Waals surface area contributed by atoms with Gasteiger partial charge in [0.05, 0.1) is 17.0 Å². The summed E-state index contributed by atoms with van der Waals surface area (Å²) in [6.07, 6.45) is 2.11. The third-order valence-electron chi connectivity index (χ3n) is 4.03. The summed E-state index contributed by atoms with van der Waals surface area (Å²) in [4.78, 5) is 17.8. The molecule has 0 radical (unpaired) electrons. The number of nitrogens with zero attached hydrogens (tertiary/aromatic N) is 2. The van der Waals surface area contributed by atoms with E-state index in [2.05, 4.69) is 23.7 Å². The predicted molar refractivity (Wildman–Crippen MR) is 87.5 cm³/mol. The van der Waals surface area contributed by atoms with Gasteiger partial charge in [-0.25, -0.2) is 0 Å². The average Bonchev–Trinajstić information content (AvgIpc) is 3.00. The molecule has 0 saturated carbocycles. The maximum Gasteiger partial charge on any atom is 0.254 e. The van der Waals surface area contributed by atoms with Crippen LogP contribution in [0.3, 0.4) is 0 Å². The molecule has 2 N–H and O–H groups in total. The fourth-order valence-electron chi connectivity index (χ4n) is 2.64. The molecule has 1 aromatic rings. The Hall–Kier alpha value is -1.35. The molecular formula is C16H23N3OS. The summed E-state index contributed by atoms with van der Waals surface area (Å²) in [5, 5.41) is 1.89. The first-order chi connectivity index (χ1) is 10.2. The van der Waals surface area contributed by atoms with Gasteiger partial charge in [0.1, 0.15) is 0 Å². The second-order valence-electron chi connectivity index (χ2n) is 5.29. The number of amides is 1. The monoisotopic (exact) mass is 305 g/mol. The van der Waals surface area contributed by atoms with Gasteiger partial charge in [0.25, 0.3) is 5.91 Å². The Balaban J connectivity index is 1.97. The Morgan fingerprint density at radius 2 is 2.24 bits per heavy atom. The number of likely N-dealkylation sites (tertiary alicyclic amines) is 1. The summed E-state index contributed by atoms with van der Waals surface area (Å²) in [5.41, 5.74) is 6.10. The molecule has 0 aliphatic carbocycles. The molecule has 1 saturated heterocycles. The number of hydrogen-bond acceptors (Lipinski definition) is 4. The Morgan fingerprint density at radius 3 is 2.86 bits per heavy atom. The SMILES string of the molecule is CCN1CCC(N(C)C(=O)c2csc(C#CCN)c2)CC1. The van der Waals surface area contributed by atoms with Crippen LogP contribution in [-0.2, 0) is 0 Å². The number of rotatable bonds is 3. The fourth-order valence-corrected chi connectivity index (χ4v) is 3.39. The van der Waals surface area contributed by atoms with Crippen molar-refractivity contribution < 1.29 is 4.79 Å². The molecule has 1 amide bonds. The van der Waals surface area contributed by atoms with E-state index in [-0.39, 0.29) is 5.91 Å². The van der Waals surface area contributed by atoms with Crippen LogP contribution < -0.4 is 5.73 Å². The number of hydrogen-bond donors (Lipinski definition) is 1. The second-order valence-corrected chi connectivity index (χ2v) is 6.20. The molecule has 0 unspecified atom stereocenters. The van der Waals surface area contributed by atoms with Gasteiger partial charge in [-0.05, 0) is 25.5 Å². The van der Waals surface area contributed by atoms with Crippen molar-refractivity contribution >= 4 is 17.2 Å². The van der Waals surface area contributed by atoms with Crippen molar-refractivity contribution in [2.45, 2.75) is 25.8 Å². The Morgan fingerprint density at radius 1 is 1.52 bits per heavy atom. The summed E-state index contributed by atoms with van der Waals surface area (Å²) >= 11 is 1.50. The van der Waals surface area contributed by atoms with Gasteiger partial charge < -0.3 is 15.5 Å². The van der Waals surface area contributed by atoms with Crippen molar-refractivity contribution in [2.24, 2.45) is 5.73 Å². The number of carbonyl (C=O) groups excluding carboxylic acids is 1. The summed E-state index contributed by atoms with van der Waals surface area (Å²) < 4.78 is 0. The lowest BCUT2D eigenvalue weighted by Gasteiger charge is -2.36. The maximum absolute atomic E-state index is 12.5. The molecule has 0 bridgehead atoms. The highest BCUT2D eigenvalue weighted by atomic mass is 32.1. The van der Waals surface area contributed by atoms with Crippen LogP contribution in [0.2, 0.25) is 0 Å². The van der Waals surface area contributed by atoms with Gasteiger partial charge in [-0.2, -0.15) is 0 Å². The van der Waals surface area contributed by atoms with Gasteiger partial charge in [-0.15, -0.1) is 11.3 Å². The van der Waals surface area contributed by atoms with E-state index in [1.165, 1.54) is 11.3 Å². The van der Waals surface area contributed by atoms with Crippen LogP contribution in [0.5, 0.6) is 0 Å². The smallest absolute Gasteiger partial charge is 0.254 e. The molecule has 5 heteroatoms. The quantitative estimate of drug-likeness (QED) is 0.863. The Labute approximate surface area is 130 Å². The van der Waals surface area contributed by atoms with Gasteiger partial charge >= 0.3 is 0 Å². The molecule has 0 atom stereocenters. The minimum absolute atomic E-state index is 0.0991. The largest absolute Gasteiger partial charge is 0.339 e. The zero-order chi connectivity index (χ0) is 15.2. The van der Waals surface area contributed by atoms with E-state index in [4.69, 9.17) is 5.73 Å². The highest BCUT2D eigenvalue weighted by Crippen LogP contribution is 2.20. The van der Waals surface area contributed by atoms with Crippen molar-refractivity contribution in [1.82, 2.24) is 9.80 Å². The van der Waals surface area contributed by atoms with Crippen LogP contribution in [0, 0.1) is 11.8 Å². The molecule has 1 aromatic heterocycles. The van der Waals surface area contributed by atoms with E-state index in [0.29, 0.717) is 12.6 Å². The van der Waals surface area contributed by atoms with Crippen molar-refractivity contribution in [1.29, 1.82) is 0 Å². The third-order valence-corrected chi connectivity index (χ3v) is 4.88. The third kappa shape index (κ3) is 4.07. The highest BCUT2D eigenvalue weighted by molar-refractivity contribution is 7.10. The molecule has 1 aliphatic heterocycles. The van der Waals surface area contributed by atoms with Crippen molar-refractivity contribution in [3.05, 3.63) is 21.9 Å². The van der Waals surface area contributed by atoms with Crippen LogP contribution in [0.25, 0.3) is 0 Å². The van der Waals surface area contributed by atoms with Gasteiger partial charge in [0.15, 0.2) is 0 Å². The van der Waals surface area contributed by atoms with Gasteiger partial charge in [-0.1, -0.05) is 18.8 Å². The molecule has 0 aromatic carbocycles. The summed E-state index contributed by atoms with van der Waals surface area (Å²) in [7, 11) is 1.91. The first-order valence-electron chi connectivity index (χ1n) is 7.42. The Kier molecular flexibility index (Phi) is 5.80. The molecule has 0 spiro atoms. The zero-order valence-corrected chi connectivity index (χ0v) is 13.6. The standard InChI is InChI=1S/C16H23N3OS/c1-3-19-9-6-14(7-10-19)18(2)16(20)13-11-15(21-12-13)5-4-8-17/h11-12,14H,3,6-10,17H2,1-2H3. The van der Waals surface area contributed by atoms with Crippen LogP contribution in [0.1, 0.15) is 35.0 Å². The zero-order valence-electron chi connectivity index (χ0n) is 12.8. The molecule has 2 rings (SSSR count). The van der Waals surface area contributed by atoms with Crippen LogP contribution in [0.4, 0.5) is 0 Å². The first kappa shape index (κ1) is 16.0. The minimum atomic E-state index is 0.0991. The Bertz CT molecular complexity index is 535. The average molecular weight is 305 g/mol. The number of nitrogens with two attached hydrogens (primary N) is 1. The van der Waals surface area contributed by atoms with E-state index in [0.717, 1.165) is 42.9 Å². The number of thiophene rings is 1. The van der Waals surface area contributed by atoms with E-state index < -0.39 is 0 Å². The topological polar surface area (TPSA) is 49.6 Å². The molecule has 114 valence electrons.